The summed E-state index contributed by atoms with van der Waals surface area (Å²) in [7, 11) is 5.77. The van der Waals surface area contributed by atoms with Crippen molar-refractivity contribution in [1.82, 2.24) is 15.8 Å². The van der Waals surface area contributed by atoms with E-state index in [0.717, 1.165) is 16.7 Å². The van der Waals surface area contributed by atoms with Gasteiger partial charge >= 0.3 is 0 Å². The maximum Gasteiger partial charge on any atom is 0.202 e. The van der Waals surface area contributed by atoms with Crippen molar-refractivity contribution < 1.29 is 14.2 Å². The summed E-state index contributed by atoms with van der Waals surface area (Å²) in [5.74, 6) is 0.0856. The van der Waals surface area contributed by atoms with E-state index in [4.69, 9.17) is 12.5 Å². The molecule has 1 aliphatic carbocycles. The molecule has 0 saturated carbocycles. The van der Waals surface area contributed by atoms with Crippen molar-refractivity contribution in [3.8, 4) is 0 Å². The van der Waals surface area contributed by atoms with Crippen LogP contribution >= 0.6 is 0 Å². The zero-order chi connectivity index (χ0) is 18.8. The van der Waals surface area contributed by atoms with E-state index in [2.05, 4.69) is 20.6 Å². The van der Waals surface area contributed by atoms with E-state index in [1.54, 1.807) is 12.1 Å². The smallest absolute Gasteiger partial charge is 0.202 e. The molecular formula is C18H15BFN5O2. The molecule has 0 bridgehead atoms. The lowest BCUT2D eigenvalue weighted by Gasteiger charge is -2.27. The lowest BCUT2D eigenvalue weighted by molar-refractivity contribution is 0.232. The molecule has 0 saturated heterocycles. The van der Waals surface area contributed by atoms with Gasteiger partial charge in [-0.2, -0.15) is 0 Å². The van der Waals surface area contributed by atoms with Gasteiger partial charge in [0.25, 0.3) is 0 Å². The number of nitrogens with zero attached hydrogens (tertiary/aromatic N) is 3. The first-order valence-corrected chi connectivity index (χ1v) is 8.31. The fourth-order valence-corrected chi connectivity index (χ4v) is 3.01. The quantitative estimate of drug-likeness (QED) is 0.276. The minimum Gasteiger partial charge on any atom is -0.361 e. The predicted molar refractivity (Wildman–Crippen MR) is 97.8 cm³/mol. The summed E-state index contributed by atoms with van der Waals surface area (Å²) in [5.41, 5.74) is 5.68. The van der Waals surface area contributed by atoms with Crippen LogP contribution in [0.2, 0.25) is 0 Å². The average Bonchev–Trinajstić information content (AvgIpc) is 3.11. The molecule has 1 atom stereocenters. The Balaban J connectivity index is 1.53. The number of nitrogens with one attached hydrogen (secondary N) is 2. The Morgan fingerprint density at radius 1 is 1.30 bits per heavy atom. The third-order valence-corrected chi connectivity index (χ3v) is 4.39. The number of rotatable bonds is 5. The number of hydrogen-bond donors (Lipinski definition) is 3. The topological polar surface area (TPSA) is 95.6 Å². The van der Waals surface area contributed by atoms with Crippen LogP contribution in [0.25, 0.3) is 0 Å². The van der Waals surface area contributed by atoms with Gasteiger partial charge in [-0.3, -0.25) is 15.7 Å². The minimum atomic E-state index is -0.320. The molecule has 2 radical (unpaired) electrons. The monoisotopic (exact) mass is 363 g/mol. The standard InChI is InChI=1S/C18H15BFN5O2/c19-12-3-1-2-10(6-12)9-21-17-16(24-27-25-17)18(23-26)22-15-7-11-4-5-13(20)8-14(11)15/h1-6,8,15,26H,7,9H2,(H,21,25)(H,22,23)/t15-/m0/s1. The Hall–Kier alpha value is -3.20. The average molecular weight is 363 g/mol. The van der Waals surface area contributed by atoms with Gasteiger partial charge in [0, 0.05) is 6.54 Å². The Labute approximate surface area is 155 Å². The number of hydrogen-bond acceptors (Lipinski definition) is 6. The molecule has 0 amide bonds. The third kappa shape index (κ3) is 3.54. The number of aliphatic imine (C=N–C) groups is 1. The van der Waals surface area contributed by atoms with Crippen LogP contribution in [-0.2, 0) is 13.0 Å². The van der Waals surface area contributed by atoms with E-state index in [0.29, 0.717) is 24.2 Å². The highest BCUT2D eigenvalue weighted by molar-refractivity contribution is 6.32. The van der Waals surface area contributed by atoms with Gasteiger partial charge in [-0.25, -0.2) is 9.02 Å². The summed E-state index contributed by atoms with van der Waals surface area (Å²) < 4.78 is 18.2. The van der Waals surface area contributed by atoms with E-state index < -0.39 is 0 Å². The molecule has 0 unspecified atom stereocenters. The van der Waals surface area contributed by atoms with Crippen LogP contribution in [-0.4, -0.2) is 29.2 Å². The summed E-state index contributed by atoms with van der Waals surface area (Å²) in [5, 5.41) is 20.2. The van der Waals surface area contributed by atoms with Crippen LogP contribution < -0.4 is 16.3 Å². The number of anilines is 1. The van der Waals surface area contributed by atoms with Crippen LogP contribution in [0.3, 0.4) is 0 Å². The molecule has 9 heteroatoms. The maximum atomic E-state index is 13.4. The van der Waals surface area contributed by atoms with Gasteiger partial charge in [-0.15, -0.1) is 0 Å². The van der Waals surface area contributed by atoms with E-state index in [1.165, 1.54) is 12.1 Å². The van der Waals surface area contributed by atoms with Gasteiger partial charge in [0.15, 0.2) is 11.5 Å². The van der Waals surface area contributed by atoms with Crippen LogP contribution in [0.4, 0.5) is 10.2 Å². The lowest BCUT2D eigenvalue weighted by Crippen LogP contribution is -2.26. The summed E-state index contributed by atoms with van der Waals surface area (Å²) in [6.07, 6.45) is 0.651. The van der Waals surface area contributed by atoms with Crippen molar-refractivity contribution in [1.29, 1.82) is 0 Å². The summed E-state index contributed by atoms with van der Waals surface area (Å²) in [4.78, 5) is 4.42. The Morgan fingerprint density at radius 3 is 3.00 bits per heavy atom. The molecule has 0 fully saturated rings. The van der Waals surface area contributed by atoms with Crippen molar-refractivity contribution in [2.45, 2.75) is 19.0 Å². The van der Waals surface area contributed by atoms with Crippen LogP contribution in [0, 0.1) is 5.82 Å². The van der Waals surface area contributed by atoms with Gasteiger partial charge in [0.1, 0.15) is 13.7 Å². The predicted octanol–water partition coefficient (Wildman–Crippen LogP) is 1.64. The first-order chi connectivity index (χ1) is 13.1. The summed E-state index contributed by atoms with van der Waals surface area (Å²) in [6, 6.07) is 11.7. The van der Waals surface area contributed by atoms with Crippen LogP contribution in [0.1, 0.15) is 28.4 Å². The highest BCUT2D eigenvalue weighted by atomic mass is 19.1. The summed E-state index contributed by atoms with van der Waals surface area (Å²) >= 11 is 0. The fourth-order valence-electron chi connectivity index (χ4n) is 3.01. The molecular weight excluding hydrogens is 348 g/mol. The molecule has 3 N–H and O–H groups in total. The molecule has 2 aromatic carbocycles. The van der Waals surface area contributed by atoms with Crippen molar-refractivity contribution in [3.63, 3.8) is 0 Å². The normalized spacial score (nSPS) is 15.8. The van der Waals surface area contributed by atoms with E-state index in [-0.39, 0.29) is 23.4 Å². The Morgan fingerprint density at radius 2 is 2.19 bits per heavy atom. The Kier molecular flexibility index (Phi) is 4.60. The highest BCUT2D eigenvalue weighted by Gasteiger charge is 2.28. The molecule has 1 aliphatic rings. The zero-order valence-electron chi connectivity index (χ0n) is 14.2. The zero-order valence-corrected chi connectivity index (χ0v) is 14.2. The second-order valence-electron chi connectivity index (χ2n) is 6.21. The van der Waals surface area contributed by atoms with Crippen molar-refractivity contribution >= 4 is 25.0 Å². The minimum absolute atomic E-state index is 0.0891. The SMILES string of the molecule is [B]c1cccc(CNc2nonc2C(=N[C@H]2Cc3ccc(F)cc32)NO)c1. The van der Waals surface area contributed by atoms with Crippen molar-refractivity contribution in [2.24, 2.45) is 4.99 Å². The first-order valence-electron chi connectivity index (χ1n) is 8.31. The van der Waals surface area contributed by atoms with Gasteiger partial charge in [-0.1, -0.05) is 35.8 Å². The molecule has 4 rings (SSSR count). The summed E-state index contributed by atoms with van der Waals surface area (Å²) in [6.45, 7) is 0.433. The van der Waals surface area contributed by atoms with E-state index in [1.807, 2.05) is 23.7 Å². The molecule has 134 valence electrons. The molecule has 1 aromatic heterocycles. The number of hydroxylamine groups is 1. The number of benzene rings is 2. The third-order valence-electron chi connectivity index (χ3n) is 4.39. The van der Waals surface area contributed by atoms with Crippen LogP contribution in [0.15, 0.2) is 52.1 Å². The lowest BCUT2D eigenvalue weighted by atomic mass is 9.83. The van der Waals surface area contributed by atoms with Crippen molar-refractivity contribution in [2.75, 3.05) is 5.32 Å². The Bertz CT molecular complexity index is 1010. The fraction of sp³-hybridized carbons (Fsp3) is 0.167. The number of halogens is 1. The van der Waals surface area contributed by atoms with Gasteiger partial charge < -0.3 is 5.32 Å². The molecule has 7 nitrogen and oxygen atoms in total. The molecule has 3 aromatic rings. The second-order valence-corrected chi connectivity index (χ2v) is 6.21. The number of aromatic nitrogens is 2. The molecule has 0 spiro atoms. The first kappa shape index (κ1) is 17.2. The van der Waals surface area contributed by atoms with Crippen molar-refractivity contribution in [3.05, 3.63) is 70.7 Å². The molecule has 27 heavy (non-hydrogen) atoms. The van der Waals surface area contributed by atoms with Gasteiger partial charge in [0.2, 0.25) is 5.82 Å². The van der Waals surface area contributed by atoms with Crippen LogP contribution in [0.5, 0.6) is 0 Å². The van der Waals surface area contributed by atoms with Gasteiger partial charge in [0.05, 0.1) is 6.04 Å². The van der Waals surface area contributed by atoms with Gasteiger partial charge in [-0.05, 0) is 45.6 Å². The van der Waals surface area contributed by atoms with E-state index in [9.17, 15) is 9.60 Å². The van der Waals surface area contributed by atoms with E-state index >= 15 is 0 Å². The molecule has 0 aliphatic heterocycles. The highest BCUT2D eigenvalue weighted by Crippen LogP contribution is 2.36. The largest absolute Gasteiger partial charge is 0.361 e. The number of fused-ring (bicyclic) bond motifs is 1. The molecule has 1 heterocycles. The second kappa shape index (κ2) is 7.20. The number of amidine groups is 1. The maximum absolute atomic E-state index is 13.4.